The molecule has 0 atom stereocenters. The monoisotopic (exact) mass is 379 g/mol. The van der Waals surface area contributed by atoms with E-state index in [1.807, 2.05) is 0 Å². The largest absolute Gasteiger partial charge is 0.492 e. The molecule has 0 saturated carbocycles. The number of ether oxygens (including phenoxy) is 2. The molecule has 1 aromatic rings. The van der Waals surface area contributed by atoms with E-state index in [0.29, 0.717) is 32.9 Å². The number of carbonyl (C=O) groups excluding carboxylic acids is 1. The van der Waals surface area contributed by atoms with E-state index >= 15 is 0 Å². The van der Waals surface area contributed by atoms with Crippen LogP contribution in [-0.2, 0) is 9.59 Å². The number of amides is 1. The number of hydrogen-bond donors (Lipinski definition) is 1. The van der Waals surface area contributed by atoms with Crippen LogP contribution in [0.15, 0.2) is 35.8 Å². The zero-order valence-electron chi connectivity index (χ0n) is 13.6. The van der Waals surface area contributed by atoms with Crippen molar-refractivity contribution in [1.82, 2.24) is 4.90 Å². The summed E-state index contributed by atoms with van der Waals surface area (Å²) in [5.74, 6) is -0.250. The van der Waals surface area contributed by atoms with Crippen molar-refractivity contribution in [3.8, 4) is 11.5 Å². The van der Waals surface area contributed by atoms with Gasteiger partial charge in [0.05, 0.1) is 18.4 Å². The lowest BCUT2D eigenvalue weighted by molar-refractivity contribution is -0.137. The molecule has 1 N–H and O–H groups in total. The normalized spacial score (nSPS) is 15.6. The van der Waals surface area contributed by atoms with Gasteiger partial charge in [-0.05, 0) is 12.1 Å². The van der Waals surface area contributed by atoms with Crippen LogP contribution in [0.4, 0.5) is 0 Å². The Bertz CT molecular complexity index is 745. The van der Waals surface area contributed by atoms with Crippen LogP contribution < -0.4 is 9.47 Å². The van der Waals surface area contributed by atoms with Gasteiger partial charge in [0.1, 0.15) is 10.9 Å². The molecule has 0 bridgehead atoms. The van der Waals surface area contributed by atoms with Gasteiger partial charge in [0.25, 0.3) is 5.91 Å². The molecule has 0 spiro atoms. The van der Waals surface area contributed by atoms with E-state index in [-0.39, 0.29) is 18.9 Å². The highest BCUT2D eigenvalue weighted by Crippen LogP contribution is 2.37. The molecule has 0 aromatic heterocycles. The first kappa shape index (κ1) is 19.0. The number of carboxylic acids is 1. The quantitative estimate of drug-likeness (QED) is 0.423. The van der Waals surface area contributed by atoms with E-state index in [0.717, 1.165) is 11.8 Å². The van der Waals surface area contributed by atoms with Crippen LogP contribution in [0.1, 0.15) is 12.0 Å². The maximum absolute atomic E-state index is 12.5. The standard InChI is InChI=1S/C17H17NO5S2/c1-3-9-23-12-6-4-5-11(15(12)22-2)10-13-16(21)18(17(24)25-13)8-7-14(19)20/h3-6,10H,1,7-9H2,2H3,(H,19,20). The number of benzene rings is 1. The third-order valence-corrected chi connectivity index (χ3v) is 4.66. The molecule has 0 aliphatic carbocycles. The number of thioether (sulfide) groups is 1. The van der Waals surface area contributed by atoms with Gasteiger partial charge in [-0.25, -0.2) is 0 Å². The van der Waals surface area contributed by atoms with Crippen molar-refractivity contribution in [2.45, 2.75) is 6.42 Å². The Balaban J connectivity index is 2.28. The highest BCUT2D eigenvalue weighted by molar-refractivity contribution is 8.26. The van der Waals surface area contributed by atoms with E-state index in [2.05, 4.69) is 6.58 Å². The summed E-state index contributed by atoms with van der Waals surface area (Å²) < 4.78 is 11.3. The summed E-state index contributed by atoms with van der Waals surface area (Å²) in [6.07, 6.45) is 3.13. The van der Waals surface area contributed by atoms with Gasteiger partial charge >= 0.3 is 5.97 Å². The third kappa shape index (κ3) is 4.61. The van der Waals surface area contributed by atoms with E-state index in [9.17, 15) is 9.59 Å². The minimum absolute atomic E-state index is 0.0525. The lowest BCUT2D eigenvalue weighted by atomic mass is 10.1. The zero-order chi connectivity index (χ0) is 18.4. The summed E-state index contributed by atoms with van der Waals surface area (Å²) in [6, 6.07) is 5.35. The summed E-state index contributed by atoms with van der Waals surface area (Å²) in [5.41, 5.74) is 0.669. The van der Waals surface area contributed by atoms with Crippen LogP contribution in [0.2, 0.25) is 0 Å². The number of para-hydroxylation sites is 1. The number of methoxy groups -OCH3 is 1. The summed E-state index contributed by atoms with van der Waals surface area (Å²) >= 11 is 6.31. The molecule has 132 valence electrons. The Morgan fingerprint density at radius 2 is 2.24 bits per heavy atom. The van der Waals surface area contributed by atoms with Crippen molar-refractivity contribution in [1.29, 1.82) is 0 Å². The molecular weight excluding hydrogens is 362 g/mol. The molecular formula is C17H17NO5S2. The fourth-order valence-corrected chi connectivity index (χ4v) is 3.47. The van der Waals surface area contributed by atoms with Crippen molar-refractivity contribution in [3.05, 3.63) is 41.3 Å². The summed E-state index contributed by atoms with van der Waals surface area (Å²) in [7, 11) is 1.52. The number of rotatable bonds is 8. The molecule has 0 unspecified atom stereocenters. The van der Waals surface area contributed by atoms with Crippen molar-refractivity contribution in [2.75, 3.05) is 20.3 Å². The molecule has 1 aliphatic rings. The molecule has 2 rings (SSSR count). The van der Waals surface area contributed by atoms with Crippen molar-refractivity contribution < 1.29 is 24.2 Å². The van der Waals surface area contributed by atoms with Gasteiger partial charge in [-0.3, -0.25) is 14.5 Å². The number of nitrogens with zero attached hydrogens (tertiary/aromatic N) is 1. The maximum atomic E-state index is 12.5. The predicted octanol–water partition coefficient (Wildman–Crippen LogP) is 2.94. The molecule has 1 fully saturated rings. The van der Waals surface area contributed by atoms with E-state index in [1.165, 1.54) is 12.0 Å². The van der Waals surface area contributed by atoms with Crippen LogP contribution in [0.25, 0.3) is 6.08 Å². The van der Waals surface area contributed by atoms with Crippen LogP contribution in [0.5, 0.6) is 11.5 Å². The van der Waals surface area contributed by atoms with Gasteiger partial charge in [-0.1, -0.05) is 48.8 Å². The lowest BCUT2D eigenvalue weighted by Gasteiger charge is -2.13. The highest BCUT2D eigenvalue weighted by atomic mass is 32.2. The molecule has 1 heterocycles. The lowest BCUT2D eigenvalue weighted by Crippen LogP contribution is -2.30. The number of carboxylic acid groups (broad SMARTS) is 1. The third-order valence-electron chi connectivity index (χ3n) is 3.28. The SMILES string of the molecule is C=CCOc1cccc(C=C2SC(=S)N(CCC(=O)O)C2=O)c1OC. The Hall–Kier alpha value is -2.32. The first-order chi connectivity index (χ1) is 12.0. The van der Waals surface area contributed by atoms with Gasteiger partial charge < -0.3 is 14.6 Å². The van der Waals surface area contributed by atoms with Gasteiger partial charge in [0.2, 0.25) is 0 Å². The Morgan fingerprint density at radius 1 is 1.48 bits per heavy atom. The van der Waals surface area contributed by atoms with Crippen LogP contribution in [0.3, 0.4) is 0 Å². The molecule has 6 nitrogen and oxygen atoms in total. The van der Waals surface area contributed by atoms with Crippen LogP contribution >= 0.6 is 24.0 Å². The molecule has 1 amide bonds. The summed E-state index contributed by atoms with van der Waals surface area (Å²) in [6.45, 7) is 3.99. The molecule has 8 heteroatoms. The predicted molar refractivity (Wildman–Crippen MR) is 101 cm³/mol. The fourth-order valence-electron chi connectivity index (χ4n) is 2.17. The molecule has 1 aromatic carbocycles. The number of hydrogen-bond acceptors (Lipinski definition) is 6. The van der Waals surface area contributed by atoms with Gasteiger partial charge in [0.15, 0.2) is 11.5 Å². The second kappa shape index (κ2) is 8.68. The van der Waals surface area contributed by atoms with Crippen LogP contribution in [-0.4, -0.2) is 46.5 Å². The molecule has 25 heavy (non-hydrogen) atoms. The number of carbonyl (C=O) groups is 2. The molecule has 1 aliphatic heterocycles. The van der Waals surface area contributed by atoms with Crippen molar-refractivity contribution in [2.24, 2.45) is 0 Å². The van der Waals surface area contributed by atoms with Gasteiger partial charge in [-0.15, -0.1) is 0 Å². The van der Waals surface area contributed by atoms with Crippen LogP contribution in [0, 0.1) is 0 Å². The first-order valence-electron chi connectivity index (χ1n) is 7.35. The zero-order valence-corrected chi connectivity index (χ0v) is 15.2. The fraction of sp³-hybridized carbons (Fsp3) is 0.235. The van der Waals surface area contributed by atoms with E-state index < -0.39 is 5.97 Å². The highest BCUT2D eigenvalue weighted by Gasteiger charge is 2.32. The number of thiocarbonyl (C=S) groups is 1. The second-order valence-corrected chi connectivity index (χ2v) is 6.63. The Labute approximate surface area is 155 Å². The summed E-state index contributed by atoms with van der Waals surface area (Å²) in [5, 5.41) is 8.78. The molecule has 0 radical (unpaired) electrons. The smallest absolute Gasteiger partial charge is 0.305 e. The summed E-state index contributed by atoms with van der Waals surface area (Å²) in [4.78, 5) is 24.9. The molecule has 1 saturated heterocycles. The van der Waals surface area contributed by atoms with Gasteiger partial charge in [-0.2, -0.15) is 0 Å². The Kier molecular flexibility index (Phi) is 6.60. The first-order valence-corrected chi connectivity index (χ1v) is 8.58. The maximum Gasteiger partial charge on any atom is 0.305 e. The minimum atomic E-state index is -0.980. The average molecular weight is 379 g/mol. The minimum Gasteiger partial charge on any atom is -0.492 e. The van der Waals surface area contributed by atoms with E-state index in [1.54, 1.807) is 30.4 Å². The Morgan fingerprint density at radius 3 is 2.88 bits per heavy atom. The van der Waals surface area contributed by atoms with Gasteiger partial charge in [0, 0.05) is 12.1 Å². The topological polar surface area (TPSA) is 76.1 Å². The van der Waals surface area contributed by atoms with E-state index in [4.69, 9.17) is 26.8 Å². The van der Waals surface area contributed by atoms with Crippen molar-refractivity contribution >= 4 is 46.3 Å². The number of aliphatic carboxylic acids is 1. The second-order valence-electron chi connectivity index (χ2n) is 4.96. The average Bonchev–Trinajstić information content (AvgIpc) is 2.84. The van der Waals surface area contributed by atoms with Crippen molar-refractivity contribution in [3.63, 3.8) is 0 Å².